The Bertz CT molecular complexity index is 1270. The number of carbonyl (C=O) groups is 1. The number of rotatable bonds is 8. The molecular formula is C25H21FN4O3. The molecule has 0 aliphatic heterocycles. The van der Waals surface area contributed by atoms with E-state index in [0.29, 0.717) is 35.3 Å². The Morgan fingerprint density at radius 3 is 2.36 bits per heavy atom. The molecule has 0 fully saturated rings. The lowest BCUT2D eigenvalue weighted by Gasteiger charge is -2.06. The van der Waals surface area contributed by atoms with Gasteiger partial charge in [-0.3, -0.25) is 14.9 Å². The van der Waals surface area contributed by atoms with Crippen LogP contribution in [0.2, 0.25) is 0 Å². The lowest BCUT2D eigenvalue weighted by atomic mass is 10.1. The van der Waals surface area contributed by atoms with E-state index in [9.17, 15) is 19.3 Å². The van der Waals surface area contributed by atoms with Crippen LogP contribution in [0.1, 0.15) is 11.1 Å². The maximum absolute atomic E-state index is 13.8. The number of carbonyl (C=O) groups excluding carboxylic acids is 1. The zero-order chi connectivity index (χ0) is 23.2. The molecule has 0 radical (unpaired) electrons. The largest absolute Gasteiger partial charge is 0.355 e. The summed E-state index contributed by atoms with van der Waals surface area (Å²) in [6.07, 6.45) is 2.23. The predicted octanol–water partition coefficient (Wildman–Crippen LogP) is 4.49. The van der Waals surface area contributed by atoms with Crippen LogP contribution in [0.4, 0.5) is 10.1 Å². The van der Waals surface area contributed by atoms with Gasteiger partial charge in [0.25, 0.3) is 5.69 Å². The Morgan fingerprint density at radius 2 is 1.67 bits per heavy atom. The smallest absolute Gasteiger partial charge is 0.269 e. The fourth-order valence-electron chi connectivity index (χ4n) is 3.51. The highest BCUT2D eigenvalue weighted by Crippen LogP contribution is 2.26. The van der Waals surface area contributed by atoms with Crippen LogP contribution >= 0.6 is 0 Å². The highest BCUT2D eigenvalue weighted by molar-refractivity contribution is 5.81. The van der Waals surface area contributed by atoms with Gasteiger partial charge in [0.2, 0.25) is 5.91 Å². The van der Waals surface area contributed by atoms with Gasteiger partial charge in [0, 0.05) is 36.0 Å². The Hall–Kier alpha value is -4.33. The summed E-state index contributed by atoms with van der Waals surface area (Å²) in [4.78, 5) is 23.2. The molecule has 0 atom stereocenters. The summed E-state index contributed by atoms with van der Waals surface area (Å²) in [6, 6.07) is 22.0. The molecule has 3 aromatic carbocycles. The number of hydrogen-bond acceptors (Lipinski definition) is 4. The van der Waals surface area contributed by atoms with Crippen molar-refractivity contribution in [3.05, 3.63) is 112 Å². The number of para-hydroxylation sites is 1. The van der Waals surface area contributed by atoms with Gasteiger partial charge in [0.05, 0.1) is 22.7 Å². The number of nitro benzene ring substituents is 1. The van der Waals surface area contributed by atoms with Crippen LogP contribution in [0.5, 0.6) is 0 Å². The van der Waals surface area contributed by atoms with E-state index in [4.69, 9.17) is 0 Å². The molecule has 0 spiro atoms. The molecule has 1 amide bonds. The average Bonchev–Trinajstić information content (AvgIpc) is 3.24. The minimum atomic E-state index is -0.462. The highest BCUT2D eigenvalue weighted by Gasteiger charge is 2.16. The second-order valence-electron chi connectivity index (χ2n) is 7.46. The first kappa shape index (κ1) is 21.9. The van der Waals surface area contributed by atoms with E-state index in [1.165, 1.54) is 18.2 Å². The third kappa shape index (κ3) is 5.30. The van der Waals surface area contributed by atoms with Crippen LogP contribution < -0.4 is 5.32 Å². The van der Waals surface area contributed by atoms with Crippen LogP contribution in [0.3, 0.4) is 0 Å². The van der Waals surface area contributed by atoms with Crippen LogP contribution in [-0.4, -0.2) is 27.2 Å². The van der Waals surface area contributed by atoms with Crippen molar-refractivity contribution in [2.45, 2.75) is 12.8 Å². The van der Waals surface area contributed by atoms with Crippen molar-refractivity contribution in [3.63, 3.8) is 0 Å². The quantitative estimate of drug-likeness (QED) is 0.320. The lowest BCUT2D eigenvalue weighted by Crippen LogP contribution is -2.27. The molecule has 0 saturated carbocycles. The number of nitrogens with zero attached hydrogens (tertiary/aromatic N) is 3. The molecule has 1 heterocycles. The van der Waals surface area contributed by atoms with Crippen LogP contribution in [0.15, 0.2) is 85.1 Å². The Labute approximate surface area is 189 Å². The number of benzene rings is 3. The molecule has 4 aromatic rings. The molecule has 166 valence electrons. The standard InChI is InChI=1S/C25H21FN4O3/c26-23-9-5-4-6-18(23)14-15-27-24(31)16-20-17-29(21-7-2-1-3-8-21)28-25(20)19-10-12-22(13-11-19)30(32)33/h1-13,17H,14-16H2,(H,27,31). The second kappa shape index (κ2) is 9.86. The predicted molar refractivity (Wildman–Crippen MR) is 122 cm³/mol. The first-order valence-corrected chi connectivity index (χ1v) is 10.4. The molecule has 8 heteroatoms. The minimum absolute atomic E-state index is 0.0197. The number of halogens is 1. The summed E-state index contributed by atoms with van der Waals surface area (Å²) in [5.41, 5.74) is 3.26. The van der Waals surface area contributed by atoms with Crippen molar-refractivity contribution in [2.24, 2.45) is 0 Å². The van der Waals surface area contributed by atoms with Crippen molar-refractivity contribution in [3.8, 4) is 16.9 Å². The number of amides is 1. The Kier molecular flexibility index (Phi) is 6.54. The molecule has 1 N–H and O–H groups in total. The zero-order valence-electron chi connectivity index (χ0n) is 17.6. The van der Waals surface area contributed by atoms with E-state index in [-0.39, 0.29) is 23.8 Å². The first-order chi connectivity index (χ1) is 16.0. The number of hydrogen-bond donors (Lipinski definition) is 1. The fourth-order valence-corrected chi connectivity index (χ4v) is 3.51. The minimum Gasteiger partial charge on any atom is -0.355 e. The Morgan fingerprint density at radius 1 is 0.970 bits per heavy atom. The van der Waals surface area contributed by atoms with Crippen LogP contribution in [0.25, 0.3) is 16.9 Å². The Balaban J connectivity index is 1.54. The zero-order valence-corrected chi connectivity index (χ0v) is 17.6. The van der Waals surface area contributed by atoms with E-state index in [1.807, 2.05) is 30.3 Å². The average molecular weight is 444 g/mol. The molecule has 0 aliphatic carbocycles. The summed E-state index contributed by atoms with van der Waals surface area (Å²) in [6.45, 7) is 0.305. The first-order valence-electron chi connectivity index (χ1n) is 10.4. The molecule has 0 aliphatic rings. The molecule has 0 unspecified atom stereocenters. The van der Waals surface area contributed by atoms with Gasteiger partial charge in [0.1, 0.15) is 5.82 Å². The topological polar surface area (TPSA) is 90.1 Å². The SMILES string of the molecule is O=C(Cc1cn(-c2ccccc2)nc1-c1ccc([N+](=O)[O-])cc1)NCCc1ccccc1F. The van der Waals surface area contributed by atoms with E-state index < -0.39 is 4.92 Å². The fraction of sp³-hybridized carbons (Fsp3) is 0.120. The number of nitro groups is 1. The third-order valence-corrected chi connectivity index (χ3v) is 5.19. The molecule has 33 heavy (non-hydrogen) atoms. The molecule has 4 rings (SSSR count). The normalized spacial score (nSPS) is 10.7. The summed E-state index contributed by atoms with van der Waals surface area (Å²) in [5.74, 6) is -0.515. The number of non-ortho nitro benzene ring substituents is 1. The number of aromatic nitrogens is 2. The van der Waals surface area contributed by atoms with Gasteiger partial charge >= 0.3 is 0 Å². The lowest BCUT2D eigenvalue weighted by molar-refractivity contribution is -0.384. The van der Waals surface area contributed by atoms with Gasteiger partial charge in [-0.15, -0.1) is 0 Å². The molecule has 7 nitrogen and oxygen atoms in total. The molecule has 0 bridgehead atoms. The highest BCUT2D eigenvalue weighted by atomic mass is 19.1. The van der Waals surface area contributed by atoms with E-state index in [0.717, 1.165) is 5.69 Å². The third-order valence-electron chi connectivity index (χ3n) is 5.19. The van der Waals surface area contributed by atoms with Gasteiger partial charge in [-0.1, -0.05) is 36.4 Å². The van der Waals surface area contributed by atoms with Gasteiger partial charge in [-0.25, -0.2) is 9.07 Å². The number of nitrogens with one attached hydrogen (secondary N) is 1. The maximum Gasteiger partial charge on any atom is 0.269 e. The van der Waals surface area contributed by atoms with Crippen molar-refractivity contribution in [1.29, 1.82) is 0 Å². The van der Waals surface area contributed by atoms with Gasteiger partial charge < -0.3 is 5.32 Å². The molecular weight excluding hydrogens is 423 g/mol. The summed E-state index contributed by atoms with van der Waals surface area (Å²) >= 11 is 0. The summed E-state index contributed by atoms with van der Waals surface area (Å²) in [5, 5.41) is 18.4. The van der Waals surface area contributed by atoms with Crippen molar-refractivity contribution < 1.29 is 14.1 Å². The maximum atomic E-state index is 13.8. The van der Waals surface area contributed by atoms with E-state index in [1.54, 1.807) is 41.2 Å². The van der Waals surface area contributed by atoms with Gasteiger partial charge in [-0.05, 0) is 42.3 Å². The van der Waals surface area contributed by atoms with Gasteiger partial charge in [-0.2, -0.15) is 5.10 Å². The van der Waals surface area contributed by atoms with Gasteiger partial charge in [0.15, 0.2) is 0 Å². The van der Waals surface area contributed by atoms with Crippen molar-refractivity contribution in [1.82, 2.24) is 15.1 Å². The van der Waals surface area contributed by atoms with Crippen LogP contribution in [0, 0.1) is 15.9 Å². The van der Waals surface area contributed by atoms with Crippen molar-refractivity contribution in [2.75, 3.05) is 6.54 Å². The molecule has 1 aromatic heterocycles. The summed E-state index contributed by atoms with van der Waals surface area (Å²) < 4.78 is 15.5. The van der Waals surface area contributed by atoms with Crippen molar-refractivity contribution >= 4 is 11.6 Å². The van der Waals surface area contributed by atoms with E-state index >= 15 is 0 Å². The monoisotopic (exact) mass is 444 g/mol. The van der Waals surface area contributed by atoms with Crippen LogP contribution in [-0.2, 0) is 17.6 Å². The van der Waals surface area contributed by atoms with E-state index in [2.05, 4.69) is 10.4 Å². The molecule has 0 saturated heterocycles. The summed E-state index contributed by atoms with van der Waals surface area (Å²) in [7, 11) is 0. The second-order valence-corrected chi connectivity index (χ2v) is 7.46.